The van der Waals surface area contributed by atoms with Crippen LogP contribution in [-0.2, 0) is 6.42 Å². The highest BCUT2D eigenvalue weighted by Crippen LogP contribution is 2.17. The summed E-state index contributed by atoms with van der Waals surface area (Å²) in [5.41, 5.74) is 1.02. The van der Waals surface area contributed by atoms with E-state index in [4.69, 9.17) is 11.6 Å². The fourth-order valence-electron chi connectivity index (χ4n) is 1.65. The Morgan fingerprint density at radius 2 is 2.00 bits per heavy atom. The molecule has 96 valence electrons. The van der Waals surface area contributed by atoms with Gasteiger partial charge in [0, 0.05) is 6.04 Å². The van der Waals surface area contributed by atoms with Crippen molar-refractivity contribution in [2.24, 2.45) is 5.92 Å². The Labute approximate surface area is 108 Å². The fourth-order valence-corrected chi connectivity index (χ4v) is 1.76. The molecule has 0 radical (unpaired) electrons. The number of hydrogen-bond donors (Lipinski definition) is 1. The molecule has 0 spiro atoms. The van der Waals surface area contributed by atoms with Crippen LogP contribution in [0.1, 0.15) is 32.8 Å². The van der Waals surface area contributed by atoms with Gasteiger partial charge in [-0.3, -0.25) is 0 Å². The summed E-state index contributed by atoms with van der Waals surface area (Å²) in [6.45, 7) is 7.50. The summed E-state index contributed by atoms with van der Waals surface area (Å²) in [5.74, 6) is 0.272. The van der Waals surface area contributed by atoms with E-state index in [1.165, 1.54) is 6.07 Å². The zero-order chi connectivity index (χ0) is 12.8. The maximum absolute atomic E-state index is 13.2. The second-order valence-corrected chi connectivity index (χ2v) is 5.36. The molecule has 1 rings (SSSR count). The quantitative estimate of drug-likeness (QED) is 0.811. The standard InChI is InChI=1S/C14H21ClFN/c1-10(2)17-9-11(3)4-5-12-6-7-13(15)14(16)8-12/h6-8,10-11,17H,4-5,9H2,1-3H3. The Kier molecular flexibility index (Phi) is 5.93. The van der Waals surface area contributed by atoms with Crippen molar-refractivity contribution in [2.75, 3.05) is 6.54 Å². The molecule has 3 heteroatoms. The van der Waals surface area contributed by atoms with E-state index in [1.807, 2.05) is 6.07 Å². The van der Waals surface area contributed by atoms with E-state index >= 15 is 0 Å². The zero-order valence-corrected chi connectivity index (χ0v) is 11.5. The van der Waals surface area contributed by atoms with Crippen molar-refractivity contribution in [3.8, 4) is 0 Å². The summed E-state index contributed by atoms with van der Waals surface area (Å²) in [4.78, 5) is 0. The molecule has 0 aliphatic carbocycles. The van der Waals surface area contributed by atoms with Gasteiger partial charge in [-0.05, 0) is 43.0 Å². The number of nitrogens with one attached hydrogen (secondary N) is 1. The van der Waals surface area contributed by atoms with Crippen LogP contribution in [0.2, 0.25) is 5.02 Å². The highest BCUT2D eigenvalue weighted by molar-refractivity contribution is 6.30. The molecule has 0 saturated carbocycles. The minimum Gasteiger partial charge on any atom is -0.314 e. The first-order valence-electron chi connectivity index (χ1n) is 6.16. The Morgan fingerprint density at radius 3 is 2.59 bits per heavy atom. The largest absolute Gasteiger partial charge is 0.314 e. The van der Waals surface area contributed by atoms with E-state index in [2.05, 4.69) is 26.1 Å². The summed E-state index contributed by atoms with van der Waals surface area (Å²) >= 11 is 5.64. The lowest BCUT2D eigenvalue weighted by Crippen LogP contribution is -2.28. The molecule has 17 heavy (non-hydrogen) atoms. The Balaban J connectivity index is 2.36. The van der Waals surface area contributed by atoms with E-state index in [9.17, 15) is 4.39 Å². The van der Waals surface area contributed by atoms with Gasteiger partial charge in [-0.25, -0.2) is 4.39 Å². The Morgan fingerprint density at radius 1 is 1.29 bits per heavy atom. The second-order valence-electron chi connectivity index (χ2n) is 4.96. The first-order chi connectivity index (χ1) is 7.99. The Hall–Kier alpha value is -0.600. The van der Waals surface area contributed by atoms with Crippen LogP contribution in [0.3, 0.4) is 0 Å². The topological polar surface area (TPSA) is 12.0 Å². The monoisotopic (exact) mass is 257 g/mol. The predicted octanol–water partition coefficient (Wildman–Crippen LogP) is 4.05. The molecule has 1 N–H and O–H groups in total. The lowest BCUT2D eigenvalue weighted by atomic mass is 10.0. The lowest BCUT2D eigenvalue weighted by Gasteiger charge is -2.14. The molecule has 0 bridgehead atoms. The molecule has 1 unspecified atom stereocenters. The molecule has 0 amide bonds. The van der Waals surface area contributed by atoms with Gasteiger partial charge in [-0.1, -0.05) is 38.4 Å². The van der Waals surface area contributed by atoms with Gasteiger partial charge < -0.3 is 5.32 Å². The molecule has 0 aromatic heterocycles. The predicted molar refractivity (Wildman–Crippen MR) is 72.0 cm³/mol. The summed E-state index contributed by atoms with van der Waals surface area (Å²) in [6.07, 6.45) is 1.95. The van der Waals surface area contributed by atoms with Gasteiger partial charge in [0.1, 0.15) is 5.82 Å². The van der Waals surface area contributed by atoms with E-state index in [1.54, 1.807) is 6.07 Å². The number of benzene rings is 1. The summed E-state index contributed by atoms with van der Waals surface area (Å²) < 4.78 is 13.2. The molecule has 1 aromatic rings. The highest BCUT2D eigenvalue weighted by atomic mass is 35.5. The fraction of sp³-hybridized carbons (Fsp3) is 0.571. The first-order valence-corrected chi connectivity index (χ1v) is 6.54. The number of hydrogen-bond acceptors (Lipinski definition) is 1. The van der Waals surface area contributed by atoms with Crippen molar-refractivity contribution in [1.82, 2.24) is 5.32 Å². The molecule has 0 saturated heterocycles. The van der Waals surface area contributed by atoms with E-state index in [0.717, 1.165) is 24.9 Å². The third-order valence-corrected chi connectivity index (χ3v) is 3.09. The molecule has 1 atom stereocenters. The van der Waals surface area contributed by atoms with Gasteiger partial charge in [-0.15, -0.1) is 0 Å². The SMILES string of the molecule is CC(CCc1ccc(Cl)c(F)c1)CNC(C)C. The van der Waals surface area contributed by atoms with Gasteiger partial charge in [0.05, 0.1) is 5.02 Å². The van der Waals surface area contributed by atoms with Crippen LogP contribution < -0.4 is 5.32 Å². The van der Waals surface area contributed by atoms with Crippen molar-refractivity contribution in [2.45, 2.75) is 39.7 Å². The molecule has 0 aliphatic rings. The van der Waals surface area contributed by atoms with Gasteiger partial charge >= 0.3 is 0 Å². The zero-order valence-electron chi connectivity index (χ0n) is 10.8. The average Bonchev–Trinajstić information content (AvgIpc) is 2.28. The molecular formula is C14H21ClFN. The highest BCUT2D eigenvalue weighted by Gasteiger charge is 2.05. The van der Waals surface area contributed by atoms with Gasteiger partial charge in [-0.2, -0.15) is 0 Å². The van der Waals surface area contributed by atoms with Crippen LogP contribution in [0.15, 0.2) is 18.2 Å². The summed E-state index contributed by atoms with van der Waals surface area (Å²) in [6, 6.07) is 5.58. The average molecular weight is 258 g/mol. The van der Waals surface area contributed by atoms with E-state index in [0.29, 0.717) is 12.0 Å². The van der Waals surface area contributed by atoms with Crippen molar-refractivity contribution >= 4 is 11.6 Å². The lowest BCUT2D eigenvalue weighted by molar-refractivity contribution is 0.453. The Bertz CT molecular complexity index is 352. The van der Waals surface area contributed by atoms with Crippen LogP contribution in [0, 0.1) is 11.7 Å². The smallest absolute Gasteiger partial charge is 0.142 e. The van der Waals surface area contributed by atoms with Gasteiger partial charge in [0.15, 0.2) is 0 Å². The minimum atomic E-state index is -0.322. The van der Waals surface area contributed by atoms with E-state index in [-0.39, 0.29) is 10.8 Å². The third-order valence-electron chi connectivity index (χ3n) is 2.78. The van der Waals surface area contributed by atoms with Crippen molar-refractivity contribution in [1.29, 1.82) is 0 Å². The van der Waals surface area contributed by atoms with Crippen LogP contribution in [-0.4, -0.2) is 12.6 Å². The normalized spacial score (nSPS) is 13.1. The molecule has 1 aromatic carbocycles. The van der Waals surface area contributed by atoms with Crippen LogP contribution in [0.5, 0.6) is 0 Å². The van der Waals surface area contributed by atoms with Gasteiger partial charge in [0.2, 0.25) is 0 Å². The van der Waals surface area contributed by atoms with Crippen molar-refractivity contribution in [3.05, 3.63) is 34.6 Å². The maximum Gasteiger partial charge on any atom is 0.142 e. The maximum atomic E-state index is 13.2. The van der Waals surface area contributed by atoms with Gasteiger partial charge in [0.25, 0.3) is 0 Å². The second kappa shape index (κ2) is 6.97. The molecular weight excluding hydrogens is 237 g/mol. The van der Waals surface area contributed by atoms with Crippen molar-refractivity contribution in [3.63, 3.8) is 0 Å². The number of rotatable bonds is 6. The number of aryl methyl sites for hydroxylation is 1. The van der Waals surface area contributed by atoms with E-state index < -0.39 is 0 Å². The molecule has 1 nitrogen and oxygen atoms in total. The number of halogens is 2. The molecule has 0 heterocycles. The first kappa shape index (κ1) is 14.5. The molecule has 0 aliphatic heterocycles. The third kappa shape index (κ3) is 5.51. The molecule has 0 fully saturated rings. The van der Waals surface area contributed by atoms with Crippen LogP contribution in [0.25, 0.3) is 0 Å². The minimum absolute atomic E-state index is 0.197. The van der Waals surface area contributed by atoms with Crippen LogP contribution >= 0.6 is 11.6 Å². The summed E-state index contributed by atoms with van der Waals surface area (Å²) in [7, 11) is 0. The van der Waals surface area contributed by atoms with Crippen molar-refractivity contribution < 1.29 is 4.39 Å². The summed E-state index contributed by atoms with van der Waals surface area (Å²) in [5, 5.41) is 3.60. The van der Waals surface area contributed by atoms with Crippen LogP contribution in [0.4, 0.5) is 4.39 Å².